The molecule has 1 aliphatic heterocycles. The average Bonchev–Trinajstić information content (AvgIpc) is 2.97. The lowest BCUT2D eigenvalue weighted by atomic mass is 10.1. The summed E-state index contributed by atoms with van der Waals surface area (Å²) in [7, 11) is 0. The number of carbonyl (C=O) groups is 3. The van der Waals surface area contributed by atoms with Crippen molar-refractivity contribution in [2.24, 2.45) is 0 Å². The van der Waals surface area contributed by atoms with Gasteiger partial charge in [-0.3, -0.25) is 9.59 Å². The molecule has 150 valence electrons. The van der Waals surface area contributed by atoms with E-state index in [0.717, 1.165) is 54.2 Å². The maximum atomic E-state index is 12.6. The number of benzene rings is 1. The number of hydrogen-bond acceptors (Lipinski definition) is 4. The van der Waals surface area contributed by atoms with Gasteiger partial charge in [-0.2, -0.15) is 0 Å². The molecular weight excluding hydrogens is 408 g/mol. The molecule has 1 aliphatic rings. The van der Waals surface area contributed by atoms with Gasteiger partial charge in [0.25, 0.3) is 5.91 Å². The van der Waals surface area contributed by atoms with Crippen molar-refractivity contribution in [3.63, 3.8) is 0 Å². The second-order valence-electron chi connectivity index (χ2n) is 6.69. The number of ketones is 1. The van der Waals surface area contributed by atoms with Crippen molar-refractivity contribution >= 4 is 39.6 Å². The number of alkyl halides is 1. The van der Waals surface area contributed by atoms with Gasteiger partial charge in [0, 0.05) is 48.6 Å². The van der Waals surface area contributed by atoms with Crippen molar-refractivity contribution in [3.05, 3.63) is 29.3 Å². The van der Waals surface area contributed by atoms with E-state index >= 15 is 0 Å². The minimum absolute atomic E-state index is 0.0902. The molecule has 0 aliphatic carbocycles. The molecular formula is C21H31BrN2O3. The van der Waals surface area contributed by atoms with Crippen molar-refractivity contribution in [3.8, 4) is 0 Å². The van der Waals surface area contributed by atoms with Crippen molar-refractivity contribution in [2.45, 2.75) is 65.5 Å². The fourth-order valence-corrected chi connectivity index (χ4v) is 3.32. The van der Waals surface area contributed by atoms with Gasteiger partial charge < -0.3 is 15.0 Å². The lowest BCUT2D eigenvalue weighted by molar-refractivity contribution is -0.119. The normalized spacial score (nSPS) is 13.5. The monoisotopic (exact) mass is 438 g/mol. The third kappa shape index (κ3) is 7.45. The number of carbonyl (C=O) groups excluding carboxylic acids is 3. The van der Waals surface area contributed by atoms with E-state index in [2.05, 4.69) is 27.3 Å². The molecule has 2 rings (SSSR count). The second-order valence-corrected chi connectivity index (χ2v) is 7.48. The van der Waals surface area contributed by atoms with E-state index in [9.17, 15) is 9.59 Å². The molecule has 1 unspecified atom stereocenters. The summed E-state index contributed by atoms with van der Waals surface area (Å²) in [6.07, 6.45) is 4.66. The Bertz CT molecular complexity index is 634. The Morgan fingerprint density at radius 3 is 2.70 bits per heavy atom. The maximum Gasteiger partial charge on any atom is 0.254 e. The van der Waals surface area contributed by atoms with Crippen molar-refractivity contribution in [1.82, 2.24) is 4.90 Å². The van der Waals surface area contributed by atoms with Crippen LogP contribution >= 0.6 is 15.9 Å². The molecule has 6 heteroatoms. The van der Waals surface area contributed by atoms with Crippen LogP contribution in [0.25, 0.3) is 0 Å². The number of aldehydes is 1. The van der Waals surface area contributed by atoms with Crippen molar-refractivity contribution in [1.29, 1.82) is 0 Å². The van der Waals surface area contributed by atoms with Gasteiger partial charge in [0.1, 0.15) is 12.1 Å². The third-order valence-corrected chi connectivity index (χ3v) is 5.04. The van der Waals surface area contributed by atoms with Crippen LogP contribution in [-0.4, -0.2) is 40.8 Å². The number of amides is 1. The highest BCUT2D eigenvalue weighted by Crippen LogP contribution is 2.28. The van der Waals surface area contributed by atoms with E-state index in [0.29, 0.717) is 25.2 Å². The molecule has 1 amide bonds. The standard InChI is InChI=1S/C19H27BrN2O2.C2H4O/c1-3-5-17(23)8-6-14(2)22-13-15-12-16(21-11-4-10-20)7-9-18(15)19(22)24;1-2-3/h7,9,12,14,21H,3-6,8,10-11,13H2,1-2H3;2H,1H3. The highest BCUT2D eigenvalue weighted by Gasteiger charge is 2.30. The van der Waals surface area contributed by atoms with E-state index in [1.165, 1.54) is 6.92 Å². The summed E-state index contributed by atoms with van der Waals surface area (Å²) < 4.78 is 0. The summed E-state index contributed by atoms with van der Waals surface area (Å²) in [5.74, 6) is 0.388. The quantitative estimate of drug-likeness (QED) is 0.329. The van der Waals surface area contributed by atoms with Gasteiger partial charge in [0.15, 0.2) is 0 Å². The first kappa shape index (κ1) is 23.3. The van der Waals surface area contributed by atoms with Gasteiger partial charge in [-0.1, -0.05) is 22.9 Å². The van der Waals surface area contributed by atoms with Gasteiger partial charge in [-0.25, -0.2) is 0 Å². The van der Waals surface area contributed by atoms with Crippen LogP contribution in [-0.2, 0) is 16.1 Å². The Labute approximate surface area is 171 Å². The number of rotatable bonds is 10. The van der Waals surface area contributed by atoms with Gasteiger partial charge in [-0.15, -0.1) is 0 Å². The van der Waals surface area contributed by atoms with Crippen LogP contribution in [0.5, 0.6) is 0 Å². The number of nitrogens with zero attached hydrogens (tertiary/aromatic N) is 1. The lowest BCUT2D eigenvalue weighted by Gasteiger charge is -2.24. The zero-order chi connectivity index (χ0) is 20.2. The summed E-state index contributed by atoms with van der Waals surface area (Å²) in [4.78, 5) is 35.0. The van der Waals surface area contributed by atoms with Crippen LogP contribution in [0.3, 0.4) is 0 Å². The smallest absolute Gasteiger partial charge is 0.254 e. The number of anilines is 1. The first-order chi connectivity index (χ1) is 13.0. The molecule has 0 radical (unpaired) electrons. The second kappa shape index (κ2) is 12.7. The minimum Gasteiger partial charge on any atom is -0.385 e. The molecule has 0 bridgehead atoms. The molecule has 1 heterocycles. The van der Waals surface area contributed by atoms with Crippen LogP contribution in [0, 0.1) is 0 Å². The van der Waals surface area contributed by atoms with E-state index in [-0.39, 0.29) is 11.9 Å². The summed E-state index contributed by atoms with van der Waals surface area (Å²) in [6, 6.07) is 6.07. The molecule has 0 fully saturated rings. The molecule has 1 aromatic rings. The topological polar surface area (TPSA) is 66.5 Å². The SMILES string of the molecule is CC=O.CCCC(=O)CCC(C)N1Cc2cc(NCCCBr)ccc2C1=O. The Balaban J connectivity index is 0.00000114. The third-order valence-electron chi connectivity index (χ3n) is 4.48. The molecule has 1 N–H and O–H groups in total. The number of halogens is 1. The predicted molar refractivity (Wildman–Crippen MR) is 114 cm³/mol. The predicted octanol–water partition coefficient (Wildman–Crippen LogP) is 4.58. The van der Waals surface area contributed by atoms with E-state index < -0.39 is 0 Å². The van der Waals surface area contributed by atoms with Gasteiger partial charge in [0.2, 0.25) is 0 Å². The molecule has 27 heavy (non-hydrogen) atoms. The van der Waals surface area contributed by atoms with Crippen molar-refractivity contribution in [2.75, 3.05) is 17.2 Å². The zero-order valence-corrected chi connectivity index (χ0v) is 18.2. The molecule has 0 spiro atoms. The number of nitrogens with one attached hydrogen (secondary N) is 1. The fourth-order valence-electron chi connectivity index (χ4n) is 3.04. The van der Waals surface area contributed by atoms with Crippen LogP contribution in [0.1, 0.15) is 68.8 Å². The van der Waals surface area contributed by atoms with E-state index in [1.807, 2.05) is 30.9 Å². The summed E-state index contributed by atoms with van der Waals surface area (Å²) in [5, 5.41) is 4.36. The summed E-state index contributed by atoms with van der Waals surface area (Å²) in [5.41, 5.74) is 2.94. The van der Waals surface area contributed by atoms with Gasteiger partial charge in [0.05, 0.1) is 0 Å². The highest BCUT2D eigenvalue weighted by atomic mass is 79.9. The van der Waals surface area contributed by atoms with Gasteiger partial charge >= 0.3 is 0 Å². The largest absolute Gasteiger partial charge is 0.385 e. The van der Waals surface area contributed by atoms with Crippen LogP contribution < -0.4 is 5.32 Å². The Kier molecular flexibility index (Phi) is 10.9. The van der Waals surface area contributed by atoms with Gasteiger partial charge in [-0.05, 0) is 56.9 Å². The fraction of sp³-hybridized carbons (Fsp3) is 0.571. The average molecular weight is 439 g/mol. The molecule has 0 saturated heterocycles. The Hall–Kier alpha value is -1.69. The Morgan fingerprint density at radius 2 is 2.07 bits per heavy atom. The molecule has 0 aromatic heterocycles. The van der Waals surface area contributed by atoms with Crippen LogP contribution in [0.15, 0.2) is 18.2 Å². The minimum atomic E-state index is 0.0902. The van der Waals surface area contributed by atoms with Crippen molar-refractivity contribution < 1.29 is 14.4 Å². The lowest BCUT2D eigenvalue weighted by Crippen LogP contribution is -2.33. The number of hydrogen-bond donors (Lipinski definition) is 1. The first-order valence-corrected chi connectivity index (χ1v) is 10.8. The van der Waals surface area contributed by atoms with E-state index in [1.54, 1.807) is 0 Å². The van der Waals surface area contributed by atoms with E-state index in [4.69, 9.17) is 4.79 Å². The zero-order valence-electron chi connectivity index (χ0n) is 16.6. The number of fused-ring (bicyclic) bond motifs is 1. The Morgan fingerprint density at radius 1 is 1.37 bits per heavy atom. The maximum absolute atomic E-state index is 12.6. The van der Waals surface area contributed by atoms with Crippen LogP contribution in [0.2, 0.25) is 0 Å². The first-order valence-electron chi connectivity index (χ1n) is 9.63. The highest BCUT2D eigenvalue weighted by molar-refractivity contribution is 9.09. The molecule has 1 atom stereocenters. The number of Topliss-reactive ketones (excluding diaryl/α,β-unsaturated/α-hetero) is 1. The van der Waals surface area contributed by atoms with Crippen LogP contribution in [0.4, 0.5) is 5.69 Å². The molecule has 0 saturated carbocycles. The molecule has 5 nitrogen and oxygen atoms in total. The summed E-state index contributed by atoms with van der Waals surface area (Å²) in [6.45, 7) is 7.06. The molecule has 1 aromatic carbocycles. The summed E-state index contributed by atoms with van der Waals surface area (Å²) >= 11 is 3.42.